The van der Waals surface area contributed by atoms with Crippen LogP contribution >= 0.6 is 0 Å². The highest BCUT2D eigenvalue weighted by Crippen LogP contribution is 2.20. The van der Waals surface area contributed by atoms with E-state index < -0.39 is 0 Å². The predicted octanol–water partition coefficient (Wildman–Crippen LogP) is 6.13. The number of rotatable bonds is 7. The summed E-state index contributed by atoms with van der Waals surface area (Å²) in [5, 5.41) is 5.18. The van der Waals surface area contributed by atoms with Gasteiger partial charge in [-0.2, -0.15) is 0 Å². The summed E-state index contributed by atoms with van der Waals surface area (Å²) in [7, 11) is 0. The fourth-order valence-corrected chi connectivity index (χ4v) is 3.70. The maximum absolute atomic E-state index is 4.60. The van der Waals surface area contributed by atoms with Crippen LogP contribution in [0.15, 0.2) is 73.1 Å². The van der Waals surface area contributed by atoms with Crippen molar-refractivity contribution in [2.24, 2.45) is 0 Å². The Morgan fingerprint density at radius 2 is 0.962 bits per heavy atom. The van der Waals surface area contributed by atoms with Crippen molar-refractivity contribution >= 4 is 21.5 Å². The summed E-state index contributed by atoms with van der Waals surface area (Å²) >= 11 is 0. The summed E-state index contributed by atoms with van der Waals surface area (Å²) in [4.78, 5) is 9.19. The number of aromatic nitrogens is 2. The molecular weight excluding hydrogens is 316 g/mol. The van der Waals surface area contributed by atoms with Gasteiger partial charge in [-0.25, -0.2) is 0 Å². The first-order valence-electron chi connectivity index (χ1n) is 9.57. The molecule has 0 amide bonds. The lowest BCUT2D eigenvalue weighted by molar-refractivity contribution is 0.634. The van der Waals surface area contributed by atoms with Crippen LogP contribution in [-0.4, -0.2) is 9.97 Å². The molecule has 0 spiro atoms. The van der Waals surface area contributed by atoms with Gasteiger partial charge in [-0.15, -0.1) is 0 Å². The van der Waals surface area contributed by atoms with Crippen LogP contribution in [0.2, 0.25) is 0 Å². The quantitative estimate of drug-likeness (QED) is 0.378. The first-order chi connectivity index (χ1) is 12.9. The topological polar surface area (TPSA) is 25.8 Å². The lowest BCUT2D eigenvalue weighted by atomic mass is 10.0. The Hall–Kier alpha value is -2.74. The standard InChI is InChI=1S/C24H24N2/c1(3-13-23-21-11-7-5-9-19(21)15-17-25-23)2-4-14-24-22-12-8-6-10-20(22)16-18-26-24/h5-12,15-18H,1-4,13-14H2. The Bertz CT molecular complexity index is 913. The molecule has 2 aromatic carbocycles. The van der Waals surface area contributed by atoms with Gasteiger partial charge in [0.15, 0.2) is 0 Å². The summed E-state index contributed by atoms with van der Waals surface area (Å²) in [5.74, 6) is 0. The van der Waals surface area contributed by atoms with Crippen LogP contribution in [0.1, 0.15) is 37.1 Å². The van der Waals surface area contributed by atoms with Gasteiger partial charge in [0.1, 0.15) is 0 Å². The summed E-state index contributed by atoms with van der Waals surface area (Å²) in [5.41, 5.74) is 2.47. The maximum Gasteiger partial charge on any atom is 0.0481 e. The number of fused-ring (bicyclic) bond motifs is 2. The van der Waals surface area contributed by atoms with E-state index in [4.69, 9.17) is 0 Å². The summed E-state index contributed by atoms with van der Waals surface area (Å²) in [6.07, 6.45) is 10.9. The molecule has 26 heavy (non-hydrogen) atoms. The second kappa shape index (κ2) is 8.09. The molecule has 2 nitrogen and oxygen atoms in total. The number of unbranched alkanes of at least 4 members (excludes halogenated alkanes) is 3. The molecule has 0 saturated carbocycles. The van der Waals surface area contributed by atoms with E-state index in [9.17, 15) is 0 Å². The maximum atomic E-state index is 4.60. The lowest BCUT2D eigenvalue weighted by Gasteiger charge is -2.07. The number of nitrogens with zero attached hydrogens (tertiary/aromatic N) is 2. The van der Waals surface area contributed by atoms with Gasteiger partial charge in [0, 0.05) is 34.6 Å². The third kappa shape index (κ3) is 3.75. The third-order valence-corrected chi connectivity index (χ3v) is 5.09. The molecule has 2 aromatic heterocycles. The van der Waals surface area contributed by atoms with E-state index in [1.165, 1.54) is 58.6 Å². The van der Waals surface area contributed by atoms with E-state index in [2.05, 4.69) is 70.6 Å². The van der Waals surface area contributed by atoms with Crippen molar-refractivity contribution in [1.29, 1.82) is 0 Å². The predicted molar refractivity (Wildman–Crippen MR) is 109 cm³/mol. The van der Waals surface area contributed by atoms with Crippen molar-refractivity contribution in [3.05, 3.63) is 84.4 Å². The Balaban J connectivity index is 1.28. The Kier molecular flexibility index (Phi) is 5.20. The summed E-state index contributed by atoms with van der Waals surface area (Å²) < 4.78 is 0. The van der Waals surface area contributed by atoms with Crippen LogP contribution in [-0.2, 0) is 12.8 Å². The molecule has 0 aliphatic heterocycles. The number of hydrogen-bond donors (Lipinski definition) is 0. The van der Waals surface area contributed by atoms with Crippen LogP contribution in [0.4, 0.5) is 0 Å². The van der Waals surface area contributed by atoms with Gasteiger partial charge in [0.2, 0.25) is 0 Å². The van der Waals surface area contributed by atoms with Crippen LogP contribution < -0.4 is 0 Å². The van der Waals surface area contributed by atoms with Crippen molar-refractivity contribution in [1.82, 2.24) is 9.97 Å². The molecule has 0 N–H and O–H groups in total. The SMILES string of the molecule is c1ccc2c(CCCCCCc3nccc4ccccc34)nccc2c1. The first kappa shape index (κ1) is 16.7. The highest BCUT2D eigenvalue weighted by Gasteiger charge is 2.03. The zero-order valence-corrected chi connectivity index (χ0v) is 15.1. The molecule has 0 fully saturated rings. The summed E-state index contributed by atoms with van der Waals surface area (Å²) in [6, 6.07) is 21.3. The molecule has 4 rings (SSSR count). The van der Waals surface area contributed by atoms with Gasteiger partial charge in [-0.1, -0.05) is 61.4 Å². The van der Waals surface area contributed by atoms with Crippen LogP contribution in [0.3, 0.4) is 0 Å². The Morgan fingerprint density at radius 1 is 0.500 bits per heavy atom. The van der Waals surface area contributed by atoms with Crippen LogP contribution in [0, 0.1) is 0 Å². The van der Waals surface area contributed by atoms with Gasteiger partial charge in [0.25, 0.3) is 0 Å². The van der Waals surface area contributed by atoms with E-state index in [1.807, 2.05) is 12.4 Å². The lowest BCUT2D eigenvalue weighted by Crippen LogP contribution is -1.94. The zero-order valence-electron chi connectivity index (χ0n) is 15.1. The Morgan fingerprint density at radius 3 is 1.46 bits per heavy atom. The molecule has 0 unspecified atom stereocenters. The number of pyridine rings is 2. The van der Waals surface area contributed by atoms with Gasteiger partial charge in [-0.05, 0) is 48.6 Å². The van der Waals surface area contributed by atoms with Crippen molar-refractivity contribution in [2.45, 2.75) is 38.5 Å². The van der Waals surface area contributed by atoms with Crippen molar-refractivity contribution in [3.8, 4) is 0 Å². The van der Waals surface area contributed by atoms with Gasteiger partial charge in [-0.3, -0.25) is 9.97 Å². The molecule has 0 aliphatic rings. The molecule has 0 saturated heterocycles. The monoisotopic (exact) mass is 340 g/mol. The average molecular weight is 340 g/mol. The minimum Gasteiger partial charge on any atom is -0.261 e. The molecule has 0 atom stereocenters. The number of hydrogen-bond acceptors (Lipinski definition) is 2. The zero-order chi connectivity index (χ0) is 17.6. The van der Waals surface area contributed by atoms with Gasteiger partial charge in [0.05, 0.1) is 0 Å². The van der Waals surface area contributed by atoms with Crippen molar-refractivity contribution in [3.63, 3.8) is 0 Å². The number of aryl methyl sites for hydroxylation is 2. The normalized spacial score (nSPS) is 11.2. The molecule has 0 radical (unpaired) electrons. The second-order valence-corrected chi connectivity index (χ2v) is 6.87. The molecule has 130 valence electrons. The van der Waals surface area contributed by atoms with Gasteiger partial charge < -0.3 is 0 Å². The smallest absolute Gasteiger partial charge is 0.0481 e. The van der Waals surface area contributed by atoms with Crippen molar-refractivity contribution < 1.29 is 0 Å². The minimum atomic E-state index is 1.06. The largest absolute Gasteiger partial charge is 0.261 e. The summed E-state index contributed by atoms with van der Waals surface area (Å²) in [6.45, 7) is 0. The second-order valence-electron chi connectivity index (χ2n) is 6.87. The highest BCUT2D eigenvalue weighted by molar-refractivity contribution is 5.84. The van der Waals surface area contributed by atoms with Crippen LogP contribution in [0.25, 0.3) is 21.5 Å². The molecule has 4 aromatic rings. The van der Waals surface area contributed by atoms with E-state index in [1.54, 1.807) is 0 Å². The fourth-order valence-electron chi connectivity index (χ4n) is 3.70. The minimum absolute atomic E-state index is 1.06. The molecule has 0 bridgehead atoms. The van der Waals surface area contributed by atoms with E-state index >= 15 is 0 Å². The first-order valence-corrected chi connectivity index (χ1v) is 9.57. The fraction of sp³-hybridized carbons (Fsp3) is 0.250. The number of benzene rings is 2. The molecular formula is C24H24N2. The van der Waals surface area contributed by atoms with E-state index in [0.717, 1.165) is 12.8 Å². The third-order valence-electron chi connectivity index (χ3n) is 5.09. The Labute approximate surface area is 154 Å². The van der Waals surface area contributed by atoms with Gasteiger partial charge >= 0.3 is 0 Å². The molecule has 2 heterocycles. The van der Waals surface area contributed by atoms with E-state index in [0.29, 0.717) is 0 Å². The van der Waals surface area contributed by atoms with Crippen LogP contribution in [0.5, 0.6) is 0 Å². The average Bonchev–Trinajstić information content (AvgIpc) is 2.71. The van der Waals surface area contributed by atoms with Crippen molar-refractivity contribution in [2.75, 3.05) is 0 Å². The molecule has 2 heteroatoms. The van der Waals surface area contributed by atoms with E-state index in [-0.39, 0.29) is 0 Å². The highest BCUT2D eigenvalue weighted by atomic mass is 14.7. The molecule has 0 aliphatic carbocycles.